The van der Waals surface area contributed by atoms with E-state index in [0.717, 1.165) is 54.0 Å². The third-order valence-corrected chi connectivity index (χ3v) is 8.76. The van der Waals surface area contributed by atoms with Crippen molar-refractivity contribution < 1.29 is 23.1 Å². The number of nitrogens with zero attached hydrogens (tertiary/aromatic N) is 5. The zero-order chi connectivity index (χ0) is 33.3. The lowest BCUT2D eigenvalue weighted by molar-refractivity contribution is -0.247. The number of carbonyl (C=O) groups excluding carboxylic acids is 1. The first-order valence-corrected chi connectivity index (χ1v) is 15.2. The monoisotopic (exact) mass is 651 g/mol. The molecule has 1 fully saturated rings. The Bertz CT molecular complexity index is 1710. The third-order valence-electron chi connectivity index (χ3n) is 8.42. The molecule has 1 aliphatic heterocycles. The van der Waals surface area contributed by atoms with Crippen LogP contribution < -0.4 is 20.2 Å². The first-order valence-electron chi connectivity index (χ1n) is 14.8. The molecule has 2 heterocycles. The summed E-state index contributed by atoms with van der Waals surface area (Å²) in [5.74, 6) is -0.00523. The predicted molar refractivity (Wildman–Crippen MR) is 173 cm³/mol. The zero-order valence-electron chi connectivity index (χ0n) is 26.2. The van der Waals surface area contributed by atoms with Gasteiger partial charge in [0.25, 0.3) is 0 Å². The highest BCUT2D eigenvalue weighted by atomic mass is 35.5. The van der Waals surface area contributed by atoms with Gasteiger partial charge in [0.1, 0.15) is 11.9 Å². The molecule has 8 nitrogen and oxygen atoms in total. The van der Waals surface area contributed by atoms with E-state index in [1.165, 1.54) is 12.3 Å². The summed E-state index contributed by atoms with van der Waals surface area (Å²) in [6, 6.07) is 14.8. The van der Waals surface area contributed by atoms with E-state index in [1.54, 1.807) is 13.8 Å². The van der Waals surface area contributed by atoms with E-state index < -0.39 is 23.9 Å². The highest BCUT2D eigenvalue weighted by Crippen LogP contribution is 2.42. The number of hydrogen-bond donors (Lipinski definition) is 1. The van der Waals surface area contributed by atoms with Gasteiger partial charge in [-0.05, 0) is 106 Å². The lowest BCUT2D eigenvalue weighted by Gasteiger charge is -2.39. The molecule has 0 aliphatic carbocycles. The van der Waals surface area contributed by atoms with Crippen LogP contribution in [-0.2, 0) is 6.18 Å². The average molecular weight is 652 g/mol. The number of nitrogens with one attached hydrogen (secondary N) is 1. The summed E-state index contributed by atoms with van der Waals surface area (Å²) in [5.41, 5.74) is 3.45. The first-order chi connectivity index (χ1) is 21.7. The number of amides is 1. The minimum Gasteiger partial charge on any atom is -0.530 e. The fourth-order valence-corrected chi connectivity index (χ4v) is 6.24. The molecule has 0 radical (unpaired) electrons. The van der Waals surface area contributed by atoms with E-state index in [-0.39, 0.29) is 22.4 Å². The molecule has 3 aromatic carbocycles. The highest BCUT2D eigenvalue weighted by molar-refractivity contribution is 6.31. The number of piperazine rings is 1. The zero-order valence-corrected chi connectivity index (χ0v) is 26.9. The molecule has 46 heavy (non-hydrogen) atoms. The fourth-order valence-electron chi connectivity index (χ4n) is 6.02. The van der Waals surface area contributed by atoms with E-state index >= 15 is 0 Å². The van der Waals surface area contributed by atoms with Crippen LogP contribution >= 0.6 is 11.6 Å². The van der Waals surface area contributed by atoms with Crippen molar-refractivity contribution in [2.24, 2.45) is 0 Å². The minimum absolute atomic E-state index is 0.0362. The number of likely N-dealkylation sites (N-methyl/N-ethyl adjacent to an activating group) is 1. The number of carbonyl (C=O) groups is 1. The van der Waals surface area contributed by atoms with E-state index in [0.29, 0.717) is 28.4 Å². The van der Waals surface area contributed by atoms with Gasteiger partial charge in [-0.2, -0.15) is 18.2 Å². The molecule has 5 rings (SSSR count). The standard InChI is InChI=1S/C34H36ClF3N6O2/c1-20-16-21(2)30(22(3)17-20)31(27-18-24(34(36,37)38)6-11-28(27)35)44(33(45)46)29-12-13-39-32(41-29)40-25-7-9-26(10-8-25)43-15-14-42(5)23(4)19-43/h6-13,16-18,23,31H,14-15,19H2,1-5H3,(H,45,46)(H,39,40,41)/p-1. The van der Waals surface area contributed by atoms with Crippen LogP contribution in [0.4, 0.5) is 41.1 Å². The minimum atomic E-state index is -4.68. The maximum atomic E-state index is 13.9. The van der Waals surface area contributed by atoms with Crippen LogP contribution in [0.1, 0.15) is 46.3 Å². The van der Waals surface area contributed by atoms with Gasteiger partial charge < -0.3 is 29.9 Å². The summed E-state index contributed by atoms with van der Waals surface area (Å²) < 4.78 is 41.6. The summed E-state index contributed by atoms with van der Waals surface area (Å²) in [6.07, 6.45) is -4.98. The molecule has 4 aromatic rings. The Morgan fingerprint density at radius 2 is 1.72 bits per heavy atom. The maximum absolute atomic E-state index is 13.9. The largest absolute Gasteiger partial charge is 0.530 e. The summed E-state index contributed by atoms with van der Waals surface area (Å²) in [7, 11) is 2.12. The van der Waals surface area contributed by atoms with Crippen molar-refractivity contribution >= 4 is 40.8 Å². The van der Waals surface area contributed by atoms with Gasteiger partial charge in [-0.25, -0.2) is 4.98 Å². The fraction of sp³-hybridized carbons (Fsp3) is 0.324. The SMILES string of the molecule is Cc1cc(C)c(C(c2cc(C(F)(F)F)ccc2Cl)N(C(=O)[O-])c2ccnc(Nc3ccc(N4CCN(C)C(C)C4)cc3)n2)c(C)c1. The molecule has 1 N–H and O–H groups in total. The van der Waals surface area contributed by atoms with Gasteiger partial charge in [0, 0.05) is 48.3 Å². The Kier molecular flexibility index (Phi) is 9.46. The quantitative estimate of drug-likeness (QED) is 0.233. The van der Waals surface area contributed by atoms with Crippen molar-refractivity contribution in [3.05, 3.63) is 105 Å². The molecule has 2 atom stereocenters. The van der Waals surface area contributed by atoms with Crippen molar-refractivity contribution in [3.8, 4) is 0 Å². The Labute approximate surface area is 271 Å². The molecule has 1 amide bonds. The lowest BCUT2D eigenvalue weighted by atomic mass is 9.88. The van der Waals surface area contributed by atoms with Gasteiger partial charge in [0.05, 0.1) is 11.6 Å². The summed E-state index contributed by atoms with van der Waals surface area (Å²) in [6.45, 7) is 10.4. The number of hydrogen-bond acceptors (Lipinski definition) is 7. The molecule has 0 spiro atoms. The molecule has 242 valence electrons. The van der Waals surface area contributed by atoms with Crippen molar-refractivity contribution in [2.75, 3.05) is 41.8 Å². The second-order valence-electron chi connectivity index (χ2n) is 11.8. The molecule has 1 saturated heterocycles. The van der Waals surface area contributed by atoms with Crippen molar-refractivity contribution in [2.45, 2.75) is 46.0 Å². The second-order valence-corrected chi connectivity index (χ2v) is 12.2. The topological polar surface area (TPSA) is 87.7 Å². The average Bonchev–Trinajstić information content (AvgIpc) is 2.98. The van der Waals surface area contributed by atoms with Gasteiger partial charge in [-0.15, -0.1) is 0 Å². The molecular formula is C34H35ClF3N6O2-. The van der Waals surface area contributed by atoms with Gasteiger partial charge >= 0.3 is 6.18 Å². The van der Waals surface area contributed by atoms with Gasteiger partial charge in [0.15, 0.2) is 0 Å². The molecule has 0 saturated carbocycles. The summed E-state index contributed by atoms with van der Waals surface area (Å²) >= 11 is 6.53. The maximum Gasteiger partial charge on any atom is 0.416 e. The second kappa shape index (κ2) is 13.2. The van der Waals surface area contributed by atoms with E-state index in [2.05, 4.69) is 39.1 Å². The Morgan fingerprint density at radius 1 is 1.04 bits per heavy atom. The van der Waals surface area contributed by atoms with Gasteiger partial charge in [-0.3, -0.25) is 0 Å². The number of aromatic nitrogens is 2. The number of alkyl halides is 3. The normalized spacial score (nSPS) is 16.3. The Hall–Kier alpha value is -4.35. The molecular weight excluding hydrogens is 617 g/mol. The summed E-state index contributed by atoms with van der Waals surface area (Å²) in [5, 5.41) is 16.0. The van der Waals surface area contributed by atoms with Crippen LogP contribution in [0.3, 0.4) is 0 Å². The smallest absolute Gasteiger partial charge is 0.416 e. The van der Waals surface area contributed by atoms with Crippen LogP contribution in [-0.4, -0.2) is 53.7 Å². The van der Waals surface area contributed by atoms with Crippen LogP contribution in [0.5, 0.6) is 0 Å². The van der Waals surface area contributed by atoms with Crippen LogP contribution in [0.25, 0.3) is 0 Å². The number of benzene rings is 3. The number of halogens is 4. The van der Waals surface area contributed by atoms with Crippen molar-refractivity contribution in [1.82, 2.24) is 14.9 Å². The van der Waals surface area contributed by atoms with E-state index in [4.69, 9.17) is 11.6 Å². The Morgan fingerprint density at radius 3 is 2.33 bits per heavy atom. The van der Waals surface area contributed by atoms with E-state index in [1.807, 2.05) is 43.3 Å². The van der Waals surface area contributed by atoms with Crippen LogP contribution in [0.2, 0.25) is 5.02 Å². The van der Waals surface area contributed by atoms with Crippen LogP contribution in [0.15, 0.2) is 66.9 Å². The van der Waals surface area contributed by atoms with Crippen molar-refractivity contribution in [1.29, 1.82) is 0 Å². The number of rotatable bonds is 7. The van der Waals surface area contributed by atoms with Crippen molar-refractivity contribution in [3.63, 3.8) is 0 Å². The van der Waals surface area contributed by atoms with E-state index in [9.17, 15) is 23.1 Å². The molecule has 2 unspecified atom stereocenters. The molecule has 12 heteroatoms. The number of aryl methyl sites for hydroxylation is 3. The molecule has 1 aromatic heterocycles. The Balaban J connectivity index is 1.54. The van der Waals surface area contributed by atoms with Gasteiger partial charge in [0.2, 0.25) is 5.95 Å². The first kappa shape index (κ1) is 33.0. The molecule has 1 aliphatic rings. The highest BCUT2D eigenvalue weighted by Gasteiger charge is 2.35. The van der Waals surface area contributed by atoms with Gasteiger partial charge in [-0.1, -0.05) is 29.3 Å². The predicted octanol–water partition coefficient (Wildman–Crippen LogP) is 6.90. The summed E-state index contributed by atoms with van der Waals surface area (Å²) in [4.78, 5) is 27.1. The number of carboxylic acid groups (broad SMARTS) is 1. The van der Waals surface area contributed by atoms with Crippen LogP contribution in [0, 0.1) is 20.8 Å². The third kappa shape index (κ3) is 7.05. The molecule has 0 bridgehead atoms. The number of anilines is 4. The lowest BCUT2D eigenvalue weighted by Crippen LogP contribution is -2.50.